The molecule has 0 saturated heterocycles. The molecule has 0 N–H and O–H groups in total. The number of methoxy groups -OCH3 is 1. The Morgan fingerprint density at radius 2 is 1.58 bits per heavy atom. The molecule has 0 radical (unpaired) electrons. The number of rotatable bonds is 6. The Labute approximate surface area is 155 Å². The van der Waals surface area contributed by atoms with Crippen molar-refractivity contribution in [1.82, 2.24) is 4.90 Å². The lowest BCUT2D eigenvalue weighted by Crippen LogP contribution is -2.47. The van der Waals surface area contributed by atoms with E-state index in [-0.39, 0.29) is 4.90 Å². The molecule has 0 atom stereocenters. The highest BCUT2D eigenvalue weighted by molar-refractivity contribution is 7.92. The lowest BCUT2D eigenvalue weighted by molar-refractivity contribution is -0.133. The van der Waals surface area contributed by atoms with Gasteiger partial charge in [-0.2, -0.15) is 0 Å². The standard InChI is InChI=1S/C20H25NO4S/c1-20(2,3)21(14-16-8-6-5-7-9-16)19(22)15-26(23,24)18-12-10-17(25-4)11-13-18/h5-13H,14-15H2,1-4H3. The van der Waals surface area contributed by atoms with E-state index >= 15 is 0 Å². The molecule has 0 aliphatic carbocycles. The molecule has 0 heterocycles. The number of hydrogen-bond donors (Lipinski definition) is 0. The summed E-state index contributed by atoms with van der Waals surface area (Å²) >= 11 is 0. The van der Waals surface area contributed by atoms with Gasteiger partial charge in [-0.25, -0.2) is 8.42 Å². The monoisotopic (exact) mass is 375 g/mol. The second kappa shape index (κ2) is 7.91. The minimum atomic E-state index is -3.73. The third kappa shape index (κ3) is 5.08. The van der Waals surface area contributed by atoms with Crippen LogP contribution in [-0.2, 0) is 21.2 Å². The lowest BCUT2D eigenvalue weighted by Gasteiger charge is -2.36. The summed E-state index contributed by atoms with van der Waals surface area (Å²) in [5.41, 5.74) is 0.458. The van der Waals surface area contributed by atoms with Crippen LogP contribution in [0.4, 0.5) is 0 Å². The van der Waals surface area contributed by atoms with Crippen LogP contribution in [-0.4, -0.2) is 37.6 Å². The van der Waals surface area contributed by atoms with Crippen LogP contribution in [0, 0.1) is 0 Å². The van der Waals surface area contributed by atoms with Crippen LogP contribution in [0.2, 0.25) is 0 Å². The Morgan fingerprint density at radius 3 is 2.08 bits per heavy atom. The zero-order chi connectivity index (χ0) is 19.4. The molecule has 26 heavy (non-hydrogen) atoms. The van der Waals surface area contributed by atoms with E-state index in [1.807, 2.05) is 51.1 Å². The van der Waals surface area contributed by atoms with Crippen molar-refractivity contribution in [2.24, 2.45) is 0 Å². The average Bonchev–Trinajstić information content (AvgIpc) is 2.59. The number of sulfone groups is 1. The molecule has 140 valence electrons. The van der Waals surface area contributed by atoms with Gasteiger partial charge >= 0.3 is 0 Å². The van der Waals surface area contributed by atoms with E-state index in [0.29, 0.717) is 12.3 Å². The largest absolute Gasteiger partial charge is 0.497 e. The normalized spacial score (nSPS) is 11.8. The third-order valence-corrected chi connectivity index (χ3v) is 5.64. The second-order valence-corrected chi connectivity index (χ2v) is 9.06. The quantitative estimate of drug-likeness (QED) is 0.777. The van der Waals surface area contributed by atoms with Gasteiger partial charge in [-0.3, -0.25) is 4.79 Å². The van der Waals surface area contributed by atoms with E-state index in [0.717, 1.165) is 5.56 Å². The molecular weight excluding hydrogens is 350 g/mol. The number of ether oxygens (including phenoxy) is 1. The Bertz CT molecular complexity index is 838. The Kier molecular flexibility index (Phi) is 6.08. The molecule has 0 aliphatic rings. The minimum absolute atomic E-state index is 0.111. The first-order chi connectivity index (χ1) is 12.1. The van der Waals surface area contributed by atoms with Crippen molar-refractivity contribution >= 4 is 15.7 Å². The molecule has 5 nitrogen and oxygen atoms in total. The van der Waals surface area contributed by atoms with Gasteiger partial charge in [-0.05, 0) is 50.6 Å². The van der Waals surface area contributed by atoms with Gasteiger partial charge in [0.2, 0.25) is 5.91 Å². The molecule has 6 heteroatoms. The van der Waals surface area contributed by atoms with Gasteiger partial charge in [0.1, 0.15) is 11.5 Å². The van der Waals surface area contributed by atoms with Crippen LogP contribution in [0.25, 0.3) is 0 Å². The molecule has 0 bridgehead atoms. The van der Waals surface area contributed by atoms with Gasteiger partial charge in [0.25, 0.3) is 0 Å². The van der Waals surface area contributed by atoms with Gasteiger partial charge in [-0.15, -0.1) is 0 Å². The summed E-state index contributed by atoms with van der Waals surface area (Å²) < 4.78 is 30.3. The van der Waals surface area contributed by atoms with E-state index in [2.05, 4.69) is 0 Å². The van der Waals surface area contributed by atoms with Crippen LogP contribution in [0.3, 0.4) is 0 Å². The zero-order valence-electron chi connectivity index (χ0n) is 15.6. The maximum Gasteiger partial charge on any atom is 0.238 e. The molecule has 0 fully saturated rings. The molecule has 2 aromatic carbocycles. The first-order valence-electron chi connectivity index (χ1n) is 8.35. The summed E-state index contributed by atoms with van der Waals surface area (Å²) in [4.78, 5) is 14.5. The fourth-order valence-electron chi connectivity index (χ4n) is 2.57. The predicted molar refractivity (Wildman–Crippen MR) is 102 cm³/mol. The van der Waals surface area contributed by atoms with Crippen molar-refractivity contribution in [3.05, 3.63) is 60.2 Å². The number of amides is 1. The van der Waals surface area contributed by atoms with E-state index in [1.54, 1.807) is 17.0 Å². The van der Waals surface area contributed by atoms with Crippen molar-refractivity contribution < 1.29 is 17.9 Å². The summed E-state index contributed by atoms with van der Waals surface area (Å²) in [7, 11) is -2.22. The highest BCUT2D eigenvalue weighted by atomic mass is 32.2. The Hall–Kier alpha value is -2.34. The van der Waals surface area contributed by atoms with Gasteiger partial charge < -0.3 is 9.64 Å². The van der Waals surface area contributed by atoms with Crippen LogP contribution in [0.1, 0.15) is 26.3 Å². The minimum Gasteiger partial charge on any atom is -0.497 e. The van der Waals surface area contributed by atoms with E-state index in [1.165, 1.54) is 19.2 Å². The lowest BCUT2D eigenvalue weighted by atomic mass is 10.0. The molecule has 2 rings (SSSR count). The molecule has 0 aliphatic heterocycles. The molecule has 1 amide bonds. The van der Waals surface area contributed by atoms with Gasteiger partial charge in [-0.1, -0.05) is 30.3 Å². The van der Waals surface area contributed by atoms with E-state index < -0.39 is 27.0 Å². The number of carbonyl (C=O) groups is 1. The number of hydrogen-bond acceptors (Lipinski definition) is 4. The van der Waals surface area contributed by atoms with Crippen LogP contribution in [0.15, 0.2) is 59.5 Å². The van der Waals surface area contributed by atoms with E-state index in [4.69, 9.17) is 4.74 Å². The summed E-state index contributed by atoms with van der Waals surface area (Å²) in [5.74, 6) is -0.420. The summed E-state index contributed by atoms with van der Waals surface area (Å²) in [6.07, 6.45) is 0. The topological polar surface area (TPSA) is 63.7 Å². The van der Waals surface area contributed by atoms with Crippen molar-refractivity contribution in [1.29, 1.82) is 0 Å². The first kappa shape index (κ1) is 20.0. The summed E-state index contributed by atoms with van der Waals surface area (Å²) in [5, 5.41) is 0. The van der Waals surface area contributed by atoms with Crippen molar-refractivity contribution in [2.45, 2.75) is 37.8 Å². The first-order valence-corrected chi connectivity index (χ1v) is 10.00. The SMILES string of the molecule is COc1ccc(S(=O)(=O)CC(=O)N(Cc2ccccc2)C(C)(C)C)cc1. The smallest absolute Gasteiger partial charge is 0.238 e. The predicted octanol–water partition coefficient (Wildman–Crippen LogP) is 3.30. The summed E-state index contributed by atoms with van der Waals surface area (Å²) in [6, 6.07) is 15.6. The van der Waals surface area contributed by atoms with Gasteiger partial charge in [0.15, 0.2) is 9.84 Å². The van der Waals surface area contributed by atoms with Gasteiger partial charge in [0, 0.05) is 12.1 Å². The summed E-state index contributed by atoms with van der Waals surface area (Å²) in [6.45, 7) is 6.05. The third-order valence-electron chi connectivity index (χ3n) is 4.03. The highest BCUT2D eigenvalue weighted by Gasteiger charge is 2.30. The molecule has 2 aromatic rings. The highest BCUT2D eigenvalue weighted by Crippen LogP contribution is 2.21. The average molecular weight is 375 g/mol. The number of carbonyl (C=O) groups excluding carboxylic acids is 1. The molecule has 0 unspecified atom stereocenters. The van der Waals surface area contributed by atoms with Gasteiger partial charge in [0.05, 0.1) is 12.0 Å². The van der Waals surface area contributed by atoms with E-state index in [9.17, 15) is 13.2 Å². The van der Waals surface area contributed by atoms with Crippen LogP contribution in [0.5, 0.6) is 5.75 Å². The fourth-order valence-corrected chi connectivity index (χ4v) is 3.77. The Balaban J connectivity index is 2.22. The number of nitrogens with zero attached hydrogens (tertiary/aromatic N) is 1. The fraction of sp³-hybridized carbons (Fsp3) is 0.350. The maximum atomic E-state index is 12.8. The Morgan fingerprint density at radius 1 is 1.00 bits per heavy atom. The van der Waals surface area contributed by atoms with Crippen LogP contribution < -0.4 is 4.74 Å². The molecule has 0 saturated carbocycles. The number of benzene rings is 2. The van der Waals surface area contributed by atoms with Crippen molar-refractivity contribution in [2.75, 3.05) is 12.9 Å². The molecular formula is C20H25NO4S. The van der Waals surface area contributed by atoms with Crippen LogP contribution >= 0.6 is 0 Å². The van der Waals surface area contributed by atoms with Crippen molar-refractivity contribution in [3.8, 4) is 5.75 Å². The zero-order valence-corrected chi connectivity index (χ0v) is 16.4. The second-order valence-electron chi connectivity index (χ2n) is 7.07. The maximum absolute atomic E-state index is 12.8. The molecule has 0 spiro atoms. The molecule has 0 aromatic heterocycles. The van der Waals surface area contributed by atoms with Crippen molar-refractivity contribution in [3.63, 3.8) is 0 Å².